The molecule has 0 spiro atoms. The van der Waals surface area contributed by atoms with Crippen LogP contribution < -0.4 is 5.32 Å². The lowest BCUT2D eigenvalue weighted by molar-refractivity contribution is 0.191. The minimum absolute atomic E-state index is 0.536. The number of unbranched alkanes of at least 4 members (excludes halogenated alkanes) is 1. The molecule has 0 bridgehead atoms. The second-order valence-electron chi connectivity index (χ2n) is 5.30. The van der Waals surface area contributed by atoms with E-state index in [9.17, 15) is 0 Å². The monoisotopic (exact) mass is 327 g/mol. The van der Waals surface area contributed by atoms with Crippen LogP contribution in [0.3, 0.4) is 0 Å². The first-order chi connectivity index (χ1) is 9.13. The Morgan fingerprint density at radius 3 is 2.68 bits per heavy atom. The van der Waals surface area contributed by atoms with Crippen LogP contribution in [-0.2, 0) is 4.74 Å². The molecule has 0 aromatic heterocycles. The van der Waals surface area contributed by atoms with Crippen molar-refractivity contribution in [2.24, 2.45) is 0 Å². The molecule has 0 radical (unpaired) electrons. The van der Waals surface area contributed by atoms with Gasteiger partial charge in [0.05, 0.1) is 0 Å². The normalized spacial score (nSPS) is 12.9. The Hall–Kier alpha value is -0.380. The van der Waals surface area contributed by atoms with Crippen molar-refractivity contribution >= 4 is 15.9 Å². The smallest absolute Gasteiger partial charge is 0.0462 e. The third-order valence-corrected chi connectivity index (χ3v) is 3.74. The zero-order chi connectivity index (χ0) is 14.1. The highest BCUT2D eigenvalue weighted by Gasteiger charge is 2.12. The highest BCUT2D eigenvalue weighted by atomic mass is 79.9. The quantitative estimate of drug-likeness (QED) is 0.681. The van der Waals surface area contributed by atoms with Crippen LogP contribution in [0.25, 0.3) is 0 Å². The van der Waals surface area contributed by atoms with Crippen LogP contribution in [0.4, 0.5) is 0 Å². The van der Waals surface area contributed by atoms with E-state index in [0.29, 0.717) is 12.0 Å². The summed E-state index contributed by atoms with van der Waals surface area (Å²) in [4.78, 5) is 0. The second-order valence-corrected chi connectivity index (χ2v) is 6.22. The predicted octanol–water partition coefficient (Wildman–Crippen LogP) is 4.35. The van der Waals surface area contributed by atoms with Gasteiger partial charge in [-0.25, -0.2) is 0 Å². The van der Waals surface area contributed by atoms with Gasteiger partial charge in [-0.2, -0.15) is 0 Å². The Kier molecular flexibility index (Phi) is 8.35. The average Bonchev–Trinajstić information content (AvgIpc) is 2.37. The van der Waals surface area contributed by atoms with Gasteiger partial charge in [-0.1, -0.05) is 48.3 Å². The number of nitrogens with one attached hydrogen (secondary N) is 1. The Bertz CT molecular complexity index is 354. The van der Waals surface area contributed by atoms with E-state index in [0.717, 1.165) is 24.0 Å². The fraction of sp³-hybridized carbons (Fsp3) is 0.625. The van der Waals surface area contributed by atoms with E-state index in [4.69, 9.17) is 4.74 Å². The maximum absolute atomic E-state index is 5.12. The van der Waals surface area contributed by atoms with Gasteiger partial charge in [0.15, 0.2) is 0 Å². The van der Waals surface area contributed by atoms with Crippen molar-refractivity contribution in [1.82, 2.24) is 5.32 Å². The molecule has 0 heterocycles. The number of halogens is 1. The summed E-state index contributed by atoms with van der Waals surface area (Å²) in [6.07, 6.45) is 3.56. The highest BCUT2D eigenvalue weighted by Crippen LogP contribution is 2.24. The van der Waals surface area contributed by atoms with Crippen LogP contribution in [0.1, 0.15) is 44.6 Å². The summed E-state index contributed by atoms with van der Waals surface area (Å²) in [5.74, 6) is 0.580. The summed E-state index contributed by atoms with van der Waals surface area (Å²) >= 11 is 3.56. The van der Waals surface area contributed by atoms with Gasteiger partial charge in [-0.05, 0) is 36.5 Å². The fourth-order valence-corrected chi connectivity index (χ4v) is 2.58. The van der Waals surface area contributed by atoms with Crippen molar-refractivity contribution in [3.8, 4) is 0 Å². The molecule has 19 heavy (non-hydrogen) atoms. The first-order valence-corrected chi connectivity index (χ1v) is 7.90. The summed E-state index contributed by atoms with van der Waals surface area (Å²) in [6.45, 7) is 6.30. The van der Waals surface area contributed by atoms with Crippen molar-refractivity contribution in [3.05, 3.63) is 34.3 Å². The van der Waals surface area contributed by atoms with E-state index < -0.39 is 0 Å². The number of benzene rings is 1. The zero-order valence-electron chi connectivity index (χ0n) is 12.3. The van der Waals surface area contributed by atoms with Crippen molar-refractivity contribution < 1.29 is 4.74 Å². The molecular weight excluding hydrogens is 302 g/mol. The molecule has 1 aromatic rings. The molecule has 0 aliphatic carbocycles. The van der Waals surface area contributed by atoms with Gasteiger partial charge in [0.1, 0.15) is 0 Å². The molecule has 1 rings (SSSR count). The summed E-state index contributed by atoms with van der Waals surface area (Å²) in [6, 6.07) is 9.21. The lowest BCUT2D eigenvalue weighted by Crippen LogP contribution is -2.28. The van der Waals surface area contributed by atoms with E-state index in [-0.39, 0.29) is 0 Å². The van der Waals surface area contributed by atoms with Gasteiger partial charge in [0, 0.05) is 30.8 Å². The Balaban J connectivity index is 2.57. The predicted molar refractivity (Wildman–Crippen MR) is 85.7 cm³/mol. The van der Waals surface area contributed by atoms with E-state index in [1.54, 1.807) is 7.11 Å². The maximum Gasteiger partial charge on any atom is 0.0462 e. The van der Waals surface area contributed by atoms with Crippen molar-refractivity contribution in [2.45, 2.75) is 45.1 Å². The van der Waals surface area contributed by atoms with Gasteiger partial charge in [-0.15, -0.1) is 0 Å². The van der Waals surface area contributed by atoms with Gasteiger partial charge < -0.3 is 10.1 Å². The van der Waals surface area contributed by atoms with Crippen molar-refractivity contribution in [2.75, 3.05) is 20.3 Å². The van der Waals surface area contributed by atoms with Crippen LogP contribution in [-0.4, -0.2) is 26.3 Å². The van der Waals surface area contributed by atoms with E-state index in [2.05, 4.69) is 59.4 Å². The molecule has 0 amide bonds. The Morgan fingerprint density at radius 2 is 2.05 bits per heavy atom. The summed E-state index contributed by atoms with van der Waals surface area (Å²) in [5, 5.41) is 3.56. The van der Waals surface area contributed by atoms with Crippen LogP contribution >= 0.6 is 15.9 Å². The topological polar surface area (TPSA) is 21.3 Å². The SMILES string of the molecule is COCCCCC(CNC(C)C)c1cccc(Br)c1. The van der Waals surface area contributed by atoms with Gasteiger partial charge >= 0.3 is 0 Å². The van der Waals surface area contributed by atoms with Crippen LogP contribution in [0, 0.1) is 0 Å². The van der Waals surface area contributed by atoms with E-state index in [1.165, 1.54) is 18.4 Å². The molecule has 2 nitrogen and oxygen atoms in total. The number of hydrogen-bond donors (Lipinski definition) is 1. The molecule has 1 unspecified atom stereocenters. The third kappa shape index (κ3) is 7.09. The Labute approximate surface area is 126 Å². The van der Waals surface area contributed by atoms with Crippen LogP contribution in [0.5, 0.6) is 0 Å². The molecule has 108 valence electrons. The number of ether oxygens (including phenoxy) is 1. The Morgan fingerprint density at radius 1 is 1.26 bits per heavy atom. The molecule has 0 fully saturated rings. The second kappa shape index (κ2) is 9.51. The summed E-state index contributed by atoms with van der Waals surface area (Å²) in [5.41, 5.74) is 1.42. The molecular formula is C16H26BrNO. The first kappa shape index (κ1) is 16.7. The van der Waals surface area contributed by atoms with Gasteiger partial charge in [0.25, 0.3) is 0 Å². The molecule has 3 heteroatoms. The van der Waals surface area contributed by atoms with Gasteiger partial charge in [-0.3, -0.25) is 0 Å². The van der Waals surface area contributed by atoms with Crippen molar-refractivity contribution in [3.63, 3.8) is 0 Å². The number of rotatable bonds is 9. The molecule has 0 saturated heterocycles. The molecule has 0 aliphatic heterocycles. The minimum Gasteiger partial charge on any atom is -0.385 e. The van der Waals surface area contributed by atoms with E-state index in [1.807, 2.05) is 0 Å². The standard InChI is InChI=1S/C16H26BrNO/c1-13(2)18-12-15(7-4-5-10-19-3)14-8-6-9-16(17)11-14/h6,8-9,11,13,15,18H,4-5,7,10,12H2,1-3H3. The molecule has 0 saturated carbocycles. The van der Waals surface area contributed by atoms with Crippen LogP contribution in [0.15, 0.2) is 28.7 Å². The van der Waals surface area contributed by atoms with Gasteiger partial charge in [0.2, 0.25) is 0 Å². The average molecular weight is 328 g/mol. The third-order valence-electron chi connectivity index (χ3n) is 3.24. The zero-order valence-corrected chi connectivity index (χ0v) is 13.9. The highest BCUT2D eigenvalue weighted by molar-refractivity contribution is 9.10. The maximum atomic E-state index is 5.12. The van der Waals surface area contributed by atoms with E-state index >= 15 is 0 Å². The lowest BCUT2D eigenvalue weighted by Gasteiger charge is -2.20. The lowest BCUT2D eigenvalue weighted by atomic mass is 9.93. The minimum atomic E-state index is 0.536. The molecule has 1 N–H and O–H groups in total. The summed E-state index contributed by atoms with van der Waals surface area (Å²) < 4.78 is 6.29. The number of hydrogen-bond acceptors (Lipinski definition) is 2. The van der Waals surface area contributed by atoms with Crippen LogP contribution in [0.2, 0.25) is 0 Å². The first-order valence-electron chi connectivity index (χ1n) is 7.11. The molecule has 1 atom stereocenters. The fourth-order valence-electron chi connectivity index (χ4n) is 2.16. The summed E-state index contributed by atoms with van der Waals surface area (Å²) in [7, 11) is 1.77. The number of methoxy groups -OCH3 is 1. The largest absolute Gasteiger partial charge is 0.385 e. The molecule has 1 aromatic carbocycles. The molecule has 0 aliphatic rings. The van der Waals surface area contributed by atoms with Crippen molar-refractivity contribution in [1.29, 1.82) is 0 Å².